The highest BCUT2D eigenvalue weighted by Gasteiger charge is 2.28. The molecule has 2 unspecified atom stereocenters. The number of aryl methyl sites for hydroxylation is 1. The van der Waals surface area contributed by atoms with Crippen molar-refractivity contribution in [1.29, 1.82) is 0 Å². The first-order valence-electron chi connectivity index (χ1n) is 8.46. The molecule has 2 aromatic rings. The maximum Gasteiger partial charge on any atom is 0.266 e. The number of nitrogens with zero attached hydrogens (tertiary/aromatic N) is 2. The molecule has 3 heterocycles. The van der Waals surface area contributed by atoms with Crippen LogP contribution in [-0.2, 0) is 6.42 Å². The standard InChI is InChI=1S/C18H25N3OS/c1-4-5-13-6-7-14-15(19)16(23-17(14)20-13)18(22)21-9-11(2)8-12(3)10-21/h6-7,11-12H,4-5,8-10,19H2,1-3H3. The van der Waals surface area contributed by atoms with Gasteiger partial charge in [-0.1, -0.05) is 27.2 Å². The first-order valence-corrected chi connectivity index (χ1v) is 9.28. The number of rotatable bonds is 3. The fourth-order valence-electron chi connectivity index (χ4n) is 3.56. The third-order valence-corrected chi connectivity index (χ3v) is 5.61. The van der Waals surface area contributed by atoms with Crippen LogP contribution in [-0.4, -0.2) is 28.9 Å². The Balaban J connectivity index is 1.92. The second-order valence-corrected chi connectivity index (χ2v) is 7.91. The highest BCUT2D eigenvalue weighted by molar-refractivity contribution is 7.21. The van der Waals surface area contributed by atoms with Crippen LogP contribution in [0.15, 0.2) is 12.1 Å². The molecule has 2 N–H and O–H groups in total. The molecular formula is C18H25N3OS. The maximum absolute atomic E-state index is 12.9. The van der Waals surface area contributed by atoms with Crippen molar-refractivity contribution in [1.82, 2.24) is 9.88 Å². The summed E-state index contributed by atoms with van der Waals surface area (Å²) in [5, 5.41) is 0.913. The van der Waals surface area contributed by atoms with Gasteiger partial charge < -0.3 is 10.6 Å². The van der Waals surface area contributed by atoms with E-state index in [1.165, 1.54) is 17.8 Å². The Kier molecular flexibility index (Phi) is 4.57. The van der Waals surface area contributed by atoms with Gasteiger partial charge in [0.25, 0.3) is 5.91 Å². The molecule has 2 aromatic heterocycles. The third-order valence-electron chi connectivity index (χ3n) is 4.51. The number of carbonyl (C=O) groups excluding carboxylic acids is 1. The molecule has 0 saturated carbocycles. The van der Waals surface area contributed by atoms with E-state index in [1.807, 2.05) is 17.0 Å². The summed E-state index contributed by atoms with van der Waals surface area (Å²) in [5.74, 6) is 1.17. The predicted octanol–water partition coefficient (Wildman–Crippen LogP) is 3.95. The second-order valence-electron chi connectivity index (χ2n) is 6.91. The Labute approximate surface area is 141 Å². The first-order chi connectivity index (χ1) is 11.0. The van der Waals surface area contributed by atoms with Gasteiger partial charge >= 0.3 is 0 Å². The molecule has 1 amide bonds. The van der Waals surface area contributed by atoms with E-state index in [1.54, 1.807) is 0 Å². The van der Waals surface area contributed by atoms with E-state index < -0.39 is 0 Å². The van der Waals surface area contributed by atoms with Gasteiger partial charge in [-0.2, -0.15) is 0 Å². The Morgan fingerprint density at radius 3 is 2.70 bits per heavy atom. The average molecular weight is 331 g/mol. The van der Waals surface area contributed by atoms with Crippen molar-refractivity contribution < 1.29 is 4.79 Å². The molecule has 0 radical (unpaired) electrons. The zero-order valence-electron chi connectivity index (χ0n) is 14.1. The van der Waals surface area contributed by atoms with Crippen LogP contribution in [0.5, 0.6) is 0 Å². The highest BCUT2D eigenvalue weighted by atomic mass is 32.1. The summed E-state index contributed by atoms with van der Waals surface area (Å²) < 4.78 is 0. The molecule has 0 bridgehead atoms. The topological polar surface area (TPSA) is 59.2 Å². The van der Waals surface area contributed by atoms with Gasteiger partial charge in [0.2, 0.25) is 0 Å². The van der Waals surface area contributed by atoms with Gasteiger partial charge in [-0.15, -0.1) is 11.3 Å². The Morgan fingerprint density at radius 1 is 1.35 bits per heavy atom. The Morgan fingerprint density at radius 2 is 2.04 bits per heavy atom. The minimum Gasteiger partial charge on any atom is -0.397 e. The number of aromatic nitrogens is 1. The van der Waals surface area contributed by atoms with E-state index in [9.17, 15) is 4.79 Å². The number of hydrogen-bond acceptors (Lipinski definition) is 4. The summed E-state index contributed by atoms with van der Waals surface area (Å²) in [7, 11) is 0. The van der Waals surface area contributed by atoms with Crippen molar-refractivity contribution in [2.75, 3.05) is 18.8 Å². The van der Waals surface area contributed by atoms with Crippen molar-refractivity contribution in [3.8, 4) is 0 Å². The van der Waals surface area contributed by atoms with Crippen LogP contribution in [0.1, 0.15) is 49.0 Å². The molecule has 0 aromatic carbocycles. The van der Waals surface area contributed by atoms with E-state index >= 15 is 0 Å². The number of thiophene rings is 1. The number of carbonyl (C=O) groups is 1. The van der Waals surface area contributed by atoms with E-state index in [0.717, 1.165) is 41.8 Å². The number of anilines is 1. The zero-order chi connectivity index (χ0) is 16.6. The summed E-state index contributed by atoms with van der Waals surface area (Å²) in [6.07, 6.45) is 3.21. The van der Waals surface area contributed by atoms with E-state index in [2.05, 4.69) is 25.8 Å². The van der Waals surface area contributed by atoms with Crippen LogP contribution in [0.4, 0.5) is 5.69 Å². The molecule has 1 fully saturated rings. The van der Waals surface area contributed by atoms with Gasteiger partial charge in [-0.3, -0.25) is 4.79 Å². The van der Waals surface area contributed by atoms with Gasteiger partial charge in [0.1, 0.15) is 9.71 Å². The number of nitrogen functional groups attached to an aromatic ring is 1. The summed E-state index contributed by atoms with van der Waals surface area (Å²) >= 11 is 1.44. The smallest absolute Gasteiger partial charge is 0.266 e. The lowest BCUT2D eigenvalue weighted by Gasteiger charge is -2.34. The molecule has 3 rings (SSSR count). The fraction of sp³-hybridized carbons (Fsp3) is 0.556. The second kappa shape index (κ2) is 6.48. The molecule has 124 valence electrons. The van der Waals surface area contributed by atoms with Crippen LogP contribution in [0.25, 0.3) is 10.2 Å². The number of fused-ring (bicyclic) bond motifs is 1. The predicted molar refractivity (Wildman–Crippen MR) is 96.9 cm³/mol. The molecule has 2 atom stereocenters. The molecule has 0 aliphatic carbocycles. The normalized spacial score (nSPS) is 21.8. The van der Waals surface area contributed by atoms with Gasteiger partial charge in [-0.05, 0) is 36.8 Å². The van der Waals surface area contributed by atoms with Gasteiger partial charge in [0, 0.05) is 24.2 Å². The molecule has 0 spiro atoms. The van der Waals surface area contributed by atoms with Crippen molar-refractivity contribution in [2.24, 2.45) is 11.8 Å². The Bertz CT molecular complexity index is 714. The number of amides is 1. The fourth-order valence-corrected chi connectivity index (χ4v) is 4.64. The number of pyridine rings is 1. The lowest BCUT2D eigenvalue weighted by atomic mass is 9.92. The summed E-state index contributed by atoms with van der Waals surface area (Å²) in [5.41, 5.74) is 7.93. The van der Waals surface area contributed by atoms with Gasteiger partial charge in [0.05, 0.1) is 5.69 Å². The maximum atomic E-state index is 12.9. The van der Waals surface area contributed by atoms with Crippen LogP contribution >= 0.6 is 11.3 Å². The summed E-state index contributed by atoms with van der Waals surface area (Å²) in [6.45, 7) is 8.21. The van der Waals surface area contributed by atoms with E-state index in [4.69, 9.17) is 5.73 Å². The van der Waals surface area contributed by atoms with Crippen LogP contribution in [0, 0.1) is 11.8 Å². The van der Waals surface area contributed by atoms with Crippen molar-refractivity contribution in [3.05, 3.63) is 22.7 Å². The molecular weight excluding hydrogens is 306 g/mol. The molecule has 5 heteroatoms. The molecule has 23 heavy (non-hydrogen) atoms. The average Bonchev–Trinajstić information content (AvgIpc) is 2.82. The van der Waals surface area contributed by atoms with Crippen molar-refractivity contribution in [2.45, 2.75) is 40.0 Å². The number of piperidine rings is 1. The number of nitrogens with two attached hydrogens (primary N) is 1. The molecule has 1 aliphatic rings. The number of hydrogen-bond donors (Lipinski definition) is 1. The number of likely N-dealkylation sites (tertiary alicyclic amines) is 1. The van der Waals surface area contributed by atoms with E-state index in [-0.39, 0.29) is 5.91 Å². The minimum absolute atomic E-state index is 0.0703. The van der Waals surface area contributed by atoms with Crippen molar-refractivity contribution in [3.63, 3.8) is 0 Å². The monoisotopic (exact) mass is 331 g/mol. The largest absolute Gasteiger partial charge is 0.397 e. The highest BCUT2D eigenvalue weighted by Crippen LogP contribution is 2.34. The van der Waals surface area contributed by atoms with Crippen LogP contribution < -0.4 is 5.73 Å². The third kappa shape index (κ3) is 3.20. The van der Waals surface area contributed by atoms with Crippen molar-refractivity contribution >= 4 is 33.1 Å². The lowest BCUT2D eigenvalue weighted by molar-refractivity contribution is 0.0629. The molecule has 4 nitrogen and oxygen atoms in total. The van der Waals surface area contributed by atoms with Crippen LogP contribution in [0.3, 0.4) is 0 Å². The molecule has 1 saturated heterocycles. The summed E-state index contributed by atoms with van der Waals surface area (Å²) in [6, 6.07) is 4.03. The van der Waals surface area contributed by atoms with E-state index in [0.29, 0.717) is 22.4 Å². The van der Waals surface area contributed by atoms with Crippen LogP contribution in [0.2, 0.25) is 0 Å². The van der Waals surface area contributed by atoms with Gasteiger partial charge in [0.15, 0.2) is 0 Å². The quantitative estimate of drug-likeness (QED) is 0.926. The minimum atomic E-state index is 0.0703. The first kappa shape index (κ1) is 16.2. The zero-order valence-corrected chi connectivity index (χ0v) is 14.9. The SMILES string of the molecule is CCCc1ccc2c(N)c(C(=O)N3CC(C)CC(C)C3)sc2n1. The molecule has 1 aliphatic heterocycles. The Hall–Kier alpha value is -1.62. The summed E-state index contributed by atoms with van der Waals surface area (Å²) in [4.78, 5) is 21.1. The lowest BCUT2D eigenvalue weighted by Crippen LogP contribution is -2.42. The van der Waals surface area contributed by atoms with Gasteiger partial charge in [-0.25, -0.2) is 4.98 Å².